The maximum Gasteiger partial charge on any atom is 0.141 e. The fourth-order valence-corrected chi connectivity index (χ4v) is 2.51. The Morgan fingerprint density at radius 1 is 1.39 bits per heavy atom. The van der Waals surface area contributed by atoms with E-state index >= 15 is 0 Å². The summed E-state index contributed by atoms with van der Waals surface area (Å²) >= 11 is 9.38. The molecular formula is C14H12BrClFN. The number of aromatic nitrogens is 1. The third kappa shape index (κ3) is 3.09. The highest BCUT2D eigenvalue weighted by Crippen LogP contribution is 2.29. The second-order valence-electron chi connectivity index (χ2n) is 4.11. The van der Waals surface area contributed by atoms with Gasteiger partial charge in [-0.15, -0.1) is 0 Å². The number of alkyl halides is 1. The van der Waals surface area contributed by atoms with E-state index in [9.17, 15) is 4.39 Å². The third-order valence-corrected chi connectivity index (χ3v) is 3.94. The van der Waals surface area contributed by atoms with Crippen molar-refractivity contribution < 1.29 is 4.39 Å². The topological polar surface area (TPSA) is 12.9 Å². The first-order valence-electron chi connectivity index (χ1n) is 5.57. The van der Waals surface area contributed by atoms with Crippen LogP contribution in [0.15, 0.2) is 36.5 Å². The van der Waals surface area contributed by atoms with Crippen molar-refractivity contribution in [3.8, 4) is 0 Å². The van der Waals surface area contributed by atoms with Crippen molar-refractivity contribution in [2.24, 2.45) is 0 Å². The number of nitrogens with zero attached hydrogens (tertiary/aromatic N) is 1. The molecule has 1 atom stereocenters. The molecule has 1 heterocycles. The average Bonchev–Trinajstić information content (AvgIpc) is 2.35. The number of hydrogen-bond donors (Lipinski definition) is 0. The first-order valence-corrected chi connectivity index (χ1v) is 6.87. The van der Waals surface area contributed by atoms with E-state index in [0.717, 1.165) is 23.2 Å². The second kappa shape index (κ2) is 5.81. The SMILES string of the molecule is Cc1cccnc1CC(Br)c1ccc(F)c(Cl)c1. The van der Waals surface area contributed by atoms with Crippen LogP contribution in [0.4, 0.5) is 4.39 Å². The predicted molar refractivity (Wildman–Crippen MR) is 75.8 cm³/mol. The molecule has 0 saturated heterocycles. The molecule has 0 aliphatic carbocycles. The summed E-state index contributed by atoms with van der Waals surface area (Å²) in [5.74, 6) is -0.394. The Morgan fingerprint density at radius 3 is 2.83 bits per heavy atom. The summed E-state index contributed by atoms with van der Waals surface area (Å²) in [6, 6.07) is 8.71. The van der Waals surface area contributed by atoms with Gasteiger partial charge in [0.2, 0.25) is 0 Å². The summed E-state index contributed by atoms with van der Waals surface area (Å²) < 4.78 is 13.1. The molecular weight excluding hydrogens is 317 g/mol. The molecule has 0 fully saturated rings. The van der Waals surface area contributed by atoms with Crippen LogP contribution < -0.4 is 0 Å². The van der Waals surface area contributed by atoms with Gasteiger partial charge >= 0.3 is 0 Å². The smallest absolute Gasteiger partial charge is 0.141 e. The van der Waals surface area contributed by atoms with E-state index in [0.29, 0.717) is 0 Å². The van der Waals surface area contributed by atoms with Crippen molar-refractivity contribution >= 4 is 27.5 Å². The van der Waals surface area contributed by atoms with Gasteiger partial charge in [0.15, 0.2) is 0 Å². The Kier molecular flexibility index (Phi) is 4.36. The molecule has 2 rings (SSSR count). The Bertz CT molecular complexity index is 559. The Morgan fingerprint density at radius 2 is 2.17 bits per heavy atom. The zero-order valence-electron chi connectivity index (χ0n) is 9.83. The molecule has 0 aliphatic heterocycles. The number of aryl methyl sites for hydroxylation is 1. The van der Waals surface area contributed by atoms with Gasteiger partial charge in [-0.1, -0.05) is 39.7 Å². The number of rotatable bonds is 3. The molecule has 4 heteroatoms. The highest BCUT2D eigenvalue weighted by Gasteiger charge is 2.12. The van der Waals surface area contributed by atoms with Gasteiger partial charge < -0.3 is 0 Å². The summed E-state index contributed by atoms with van der Waals surface area (Å²) in [7, 11) is 0. The highest BCUT2D eigenvalue weighted by atomic mass is 79.9. The van der Waals surface area contributed by atoms with E-state index in [1.807, 2.05) is 19.1 Å². The second-order valence-corrected chi connectivity index (χ2v) is 5.62. The van der Waals surface area contributed by atoms with Gasteiger partial charge in [0.05, 0.1) is 5.02 Å². The molecule has 0 N–H and O–H groups in total. The molecule has 0 spiro atoms. The van der Waals surface area contributed by atoms with Gasteiger partial charge in [-0.2, -0.15) is 0 Å². The first-order chi connectivity index (χ1) is 8.58. The van der Waals surface area contributed by atoms with Crippen LogP contribution in [0, 0.1) is 12.7 Å². The molecule has 1 unspecified atom stereocenters. The highest BCUT2D eigenvalue weighted by molar-refractivity contribution is 9.09. The summed E-state index contributed by atoms with van der Waals surface area (Å²) in [5, 5.41) is 0.148. The van der Waals surface area contributed by atoms with E-state index < -0.39 is 5.82 Å². The maximum atomic E-state index is 13.1. The lowest BCUT2D eigenvalue weighted by Crippen LogP contribution is -2.00. The summed E-state index contributed by atoms with van der Waals surface area (Å²) in [4.78, 5) is 4.42. The van der Waals surface area contributed by atoms with Gasteiger partial charge in [0, 0.05) is 23.1 Å². The van der Waals surface area contributed by atoms with Crippen LogP contribution in [-0.2, 0) is 6.42 Å². The van der Waals surface area contributed by atoms with E-state index in [4.69, 9.17) is 11.6 Å². The minimum absolute atomic E-state index is 0.0733. The number of halogens is 3. The van der Waals surface area contributed by atoms with Crippen LogP contribution in [0.2, 0.25) is 5.02 Å². The molecule has 0 saturated carbocycles. The zero-order chi connectivity index (χ0) is 13.1. The minimum Gasteiger partial charge on any atom is -0.261 e. The maximum absolute atomic E-state index is 13.1. The molecule has 94 valence electrons. The standard InChI is InChI=1S/C14H12BrClFN/c1-9-3-2-6-18-14(9)8-11(15)10-4-5-13(17)12(16)7-10/h2-7,11H,8H2,1H3. The van der Waals surface area contributed by atoms with Crippen LogP contribution in [0.25, 0.3) is 0 Å². The van der Waals surface area contributed by atoms with Crippen LogP contribution in [-0.4, -0.2) is 4.98 Å². The van der Waals surface area contributed by atoms with Crippen molar-refractivity contribution in [2.45, 2.75) is 18.2 Å². The van der Waals surface area contributed by atoms with E-state index in [1.165, 1.54) is 6.07 Å². The monoisotopic (exact) mass is 327 g/mol. The van der Waals surface area contributed by atoms with Crippen LogP contribution in [0.1, 0.15) is 21.6 Å². The lowest BCUT2D eigenvalue weighted by atomic mass is 10.1. The van der Waals surface area contributed by atoms with Crippen molar-refractivity contribution in [2.75, 3.05) is 0 Å². The number of pyridine rings is 1. The first kappa shape index (κ1) is 13.5. The van der Waals surface area contributed by atoms with E-state index in [2.05, 4.69) is 20.9 Å². The number of hydrogen-bond acceptors (Lipinski definition) is 1. The van der Waals surface area contributed by atoms with Crippen molar-refractivity contribution in [3.63, 3.8) is 0 Å². The van der Waals surface area contributed by atoms with Crippen LogP contribution in [0.5, 0.6) is 0 Å². The quantitative estimate of drug-likeness (QED) is 0.733. The molecule has 0 amide bonds. The largest absolute Gasteiger partial charge is 0.261 e. The lowest BCUT2D eigenvalue weighted by molar-refractivity contribution is 0.627. The van der Waals surface area contributed by atoms with Crippen molar-refractivity contribution in [3.05, 3.63) is 64.2 Å². The number of benzene rings is 1. The van der Waals surface area contributed by atoms with Gasteiger partial charge in [0.1, 0.15) is 5.82 Å². The van der Waals surface area contributed by atoms with Gasteiger partial charge in [-0.3, -0.25) is 4.98 Å². The van der Waals surface area contributed by atoms with E-state index in [-0.39, 0.29) is 9.85 Å². The fourth-order valence-electron chi connectivity index (χ4n) is 1.73. The normalized spacial score (nSPS) is 12.4. The Balaban J connectivity index is 2.19. The van der Waals surface area contributed by atoms with Crippen molar-refractivity contribution in [1.29, 1.82) is 0 Å². The summed E-state index contributed by atoms with van der Waals surface area (Å²) in [5.41, 5.74) is 3.13. The molecule has 0 aliphatic rings. The fraction of sp³-hybridized carbons (Fsp3) is 0.214. The van der Waals surface area contributed by atoms with Gasteiger partial charge in [0.25, 0.3) is 0 Å². The lowest BCUT2D eigenvalue weighted by Gasteiger charge is -2.12. The molecule has 0 bridgehead atoms. The Labute approximate surface area is 119 Å². The predicted octanol–water partition coefficient (Wildman–Crippen LogP) is 4.86. The molecule has 1 aromatic heterocycles. The molecule has 18 heavy (non-hydrogen) atoms. The summed E-state index contributed by atoms with van der Waals surface area (Å²) in [6.45, 7) is 2.03. The zero-order valence-corrected chi connectivity index (χ0v) is 12.2. The van der Waals surface area contributed by atoms with E-state index in [1.54, 1.807) is 18.3 Å². The molecule has 2 aromatic rings. The molecule has 1 nitrogen and oxygen atoms in total. The molecule has 1 aromatic carbocycles. The van der Waals surface area contributed by atoms with Crippen LogP contribution >= 0.6 is 27.5 Å². The van der Waals surface area contributed by atoms with Crippen molar-refractivity contribution in [1.82, 2.24) is 4.98 Å². The third-order valence-electron chi connectivity index (χ3n) is 2.80. The average molecular weight is 329 g/mol. The Hall–Kier alpha value is -0.930. The molecule has 0 radical (unpaired) electrons. The minimum atomic E-state index is -0.394. The van der Waals surface area contributed by atoms with Gasteiger partial charge in [-0.25, -0.2) is 4.39 Å². The van der Waals surface area contributed by atoms with Crippen LogP contribution in [0.3, 0.4) is 0 Å². The van der Waals surface area contributed by atoms with Gasteiger partial charge in [-0.05, 0) is 36.2 Å². The summed E-state index contributed by atoms with van der Waals surface area (Å²) in [6.07, 6.45) is 2.52.